The average molecular weight is 494 g/mol. The highest BCUT2D eigenvalue weighted by Crippen LogP contribution is 2.59. The molecular weight excluding hydrogens is 470 g/mol. The molecule has 8 heteroatoms. The zero-order valence-corrected chi connectivity index (χ0v) is 19.7. The summed E-state index contributed by atoms with van der Waals surface area (Å²) in [6.07, 6.45) is 2.20. The third-order valence-corrected chi connectivity index (χ3v) is 7.31. The summed E-state index contributed by atoms with van der Waals surface area (Å²) in [6, 6.07) is 11.4. The van der Waals surface area contributed by atoms with Crippen molar-refractivity contribution in [2.24, 2.45) is 20.9 Å². The molecule has 1 saturated heterocycles. The van der Waals surface area contributed by atoms with E-state index in [1.54, 1.807) is 0 Å². The number of carbonyl (C=O) groups excluding carboxylic acids is 2. The number of fused-ring (bicyclic) bond motifs is 1. The first-order valence-corrected chi connectivity index (χ1v) is 11.6. The molecule has 1 saturated carbocycles. The van der Waals surface area contributed by atoms with Crippen LogP contribution in [-0.4, -0.2) is 45.9 Å². The number of hydrogen-bond acceptors (Lipinski definition) is 6. The maximum absolute atomic E-state index is 13.4. The molecule has 3 atom stereocenters. The Kier molecular flexibility index (Phi) is 5.28. The van der Waals surface area contributed by atoms with Crippen molar-refractivity contribution in [3.05, 3.63) is 63.4 Å². The van der Waals surface area contributed by atoms with Crippen LogP contribution in [0.2, 0.25) is 0 Å². The Hall–Kier alpha value is -2.74. The molecule has 164 valence electrons. The van der Waals surface area contributed by atoms with E-state index in [4.69, 9.17) is 0 Å². The van der Waals surface area contributed by atoms with Gasteiger partial charge in [-0.3, -0.25) is 9.59 Å². The number of hydrogen-bond donors (Lipinski definition) is 0. The van der Waals surface area contributed by atoms with Crippen LogP contribution in [0.15, 0.2) is 56.4 Å². The molecule has 0 unspecified atom stereocenters. The molecule has 7 nitrogen and oxygen atoms in total. The number of pyridine rings is 1. The first-order valence-electron chi connectivity index (χ1n) is 10.8. The quantitative estimate of drug-likeness (QED) is 0.568. The molecule has 32 heavy (non-hydrogen) atoms. The third kappa shape index (κ3) is 3.92. The zero-order valence-electron chi connectivity index (χ0n) is 18.1. The smallest absolute Gasteiger partial charge is 0.227 e. The van der Waals surface area contributed by atoms with E-state index in [1.165, 1.54) is 0 Å². The molecule has 1 aromatic heterocycles. The van der Waals surface area contributed by atoms with E-state index in [0.29, 0.717) is 11.1 Å². The van der Waals surface area contributed by atoms with Gasteiger partial charge in [-0.2, -0.15) is 5.11 Å². The van der Waals surface area contributed by atoms with Gasteiger partial charge in [0.25, 0.3) is 0 Å². The van der Waals surface area contributed by atoms with Gasteiger partial charge in [0.2, 0.25) is 5.91 Å². The molecule has 3 heterocycles. The molecular formula is C24H24BrN5O2. The lowest BCUT2D eigenvalue weighted by Crippen LogP contribution is -2.44. The number of rotatable bonds is 6. The lowest BCUT2D eigenvalue weighted by molar-refractivity contribution is -0.138. The van der Waals surface area contributed by atoms with Crippen molar-refractivity contribution in [2.75, 3.05) is 6.54 Å². The Labute approximate surface area is 195 Å². The topological polar surface area (TPSA) is 87.4 Å². The van der Waals surface area contributed by atoms with Crippen LogP contribution in [0, 0.1) is 12.3 Å². The zero-order chi connectivity index (χ0) is 22.5. The maximum Gasteiger partial charge on any atom is 0.227 e. The normalized spacial score (nSPS) is 25.6. The number of likely N-dealkylation sites (tertiary alicyclic amines) is 1. The molecule has 2 fully saturated rings. The Morgan fingerprint density at radius 1 is 1.19 bits per heavy atom. The molecule has 3 aliphatic rings. The number of piperidine rings is 1. The Morgan fingerprint density at radius 3 is 2.81 bits per heavy atom. The van der Waals surface area contributed by atoms with E-state index in [9.17, 15) is 9.59 Å². The minimum absolute atomic E-state index is 0.00776. The molecule has 0 N–H and O–H groups in total. The van der Waals surface area contributed by atoms with Crippen molar-refractivity contribution < 1.29 is 9.59 Å². The number of Topliss-reactive ketones (excluding diaryl/α,β-unsaturated/α-hetero) is 1. The fourth-order valence-electron chi connectivity index (χ4n) is 4.91. The summed E-state index contributed by atoms with van der Waals surface area (Å²) in [5.41, 5.74) is 4.45. The van der Waals surface area contributed by atoms with Gasteiger partial charge in [-0.25, -0.2) is 4.98 Å². The molecule has 2 aromatic rings. The van der Waals surface area contributed by atoms with Gasteiger partial charge in [0, 0.05) is 11.6 Å². The number of ketones is 1. The summed E-state index contributed by atoms with van der Waals surface area (Å²) in [6.45, 7) is 4.60. The second-order valence-electron chi connectivity index (χ2n) is 9.25. The van der Waals surface area contributed by atoms with Gasteiger partial charge in [-0.15, -0.1) is 5.10 Å². The fourth-order valence-corrected chi connectivity index (χ4v) is 5.25. The molecule has 0 spiro atoms. The Balaban J connectivity index is 1.33. The standard InChI is InChI=1S/C24H24BrN5O2/c1-14-6-7-22(25)27-17(14)10-20(31)19-11-24(2)12-21(24)30(19)23(32)9-15-4-3-5-16(8-15)18-13-26-29-28-18/h3-8,19,21H,9-13H2,1-2H3/t19-,21+,24-/m0/s1. The maximum atomic E-state index is 13.4. The van der Waals surface area contributed by atoms with Gasteiger partial charge in [0.1, 0.15) is 11.1 Å². The van der Waals surface area contributed by atoms with Crippen LogP contribution in [0.3, 0.4) is 0 Å². The van der Waals surface area contributed by atoms with Crippen molar-refractivity contribution in [3.63, 3.8) is 0 Å². The van der Waals surface area contributed by atoms with E-state index in [2.05, 4.69) is 43.3 Å². The number of halogens is 1. The number of aryl methyl sites for hydroxylation is 1. The van der Waals surface area contributed by atoms with Crippen molar-refractivity contribution in [1.82, 2.24) is 9.88 Å². The van der Waals surface area contributed by atoms with Gasteiger partial charge >= 0.3 is 0 Å². The van der Waals surface area contributed by atoms with Crippen LogP contribution in [0.25, 0.3) is 0 Å². The van der Waals surface area contributed by atoms with Crippen molar-refractivity contribution >= 4 is 33.3 Å². The van der Waals surface area contributed by atoms with E-state index >= 15 is 0 Å². The second kappa shape index (κ2) is 7.99. The van der Waals surface area contributed by atoms with Crippen LogP contribution < -0.4 is 0 Å². The number of aromatic nitrogens is 1. The van der Waals surface area contributed by atoms with Crippen LogP contribution in [0.1, 0.15) is 42.1 Å². The lowest BCUT2D eigenvalue weighted by atomic mass is 9.96. The summed E-state index contributed by atoms with van der Waals surface area (Å²) >= 11 is 3.39. The minimum Gasteiger partial charge on any atom is -0.329 e. The van der Waals surface area contributed by atoms with Gasteiger partial charge in [-0.1, -0.05) is 31.2 Å². The Bertz CT molecular complexity index is 1180. The van der Waals surface area contributed by atoms with Crippen LogP contribution >= 0.6 is 15.9 Å². The molecule has 1 aliphatic carbocycles. The predicted molar refractivity (Wildman–Crippen MR) is 124 cm³/mol. The van der Waals surface area contributed by atoms with Crippen molar-refractivity contribution in [1.29, 1.82) is 0 Å². The summed E-state index contributed by atoms with van der Waals surface area (Å²) in [4.78, 5) is 33.0. The summed E-state index contributed by atoms with van der Waals surface area (Å²) < 4.78 is 0.715. The van der Waals surface area contributed by atoms with E-state index < -0.39 is 0 Å². The highest BCUT2D eigenvalue weighted by molar-refractivity contribution is 9.10. The second-order valence-corrected chi connectivity index (χ2v) is 10.1. The monoisotopic (exact) mass is 493 g/mol. The van der Waals surface area contributed by atoms with Gasteiger partial charge in [0.05, 0.1) is 30.3 Å². The van der Waals surface area contributed by atoms with Gasteiger partial charge in [0.15, 0.2) is 5.78 Å². The first kappa shape index (κ1) is 21.1. The number of carbonyl (C=O) groups is 2. The van der Waals surface area contributed by atoms with Crippen LogP contribution in [0.4, 0.5) is 0 Å². The largest absolute Gasteiger partial charge is 0.329 e. The molecule has 0 bridgehead atoms. The number of amides is 1. The van der Waals surface area contributed by atoms with Gasteiger partial charge < -0.3 is 4.90 Å². The SMILES string of the molecule is Cc1ccc(Br)nc1CC(=O)[C@@H]1C[C@@]2(C)C[C@H]2N1C(=O)Cc1cccc(C2=NN=NC2)c1. The van der Waals surface area contributed by atoms with Gasteiger partial charge in [-0.05, 0) is 69.6 Å². The fraction of sp³-hybridized carbons (Fsp3) is 0.417. The molecule has 1 amide bonds. The summed E-state index contributed by atoms with van der Waals surface area (Å²) in [5, 5.41) is 11.6. The van der Waals surface area contributed by atoms with Crippen molar-refractivity contribution in [2.45, 2.75) is 51.6 Å². The number of benzene rings is 1. The number of nitrogens with zero attached hydrogens (tertiary/aromatic N) is 5. The predicted octanol–water partition coefficient (Wildman–Crippen LogP) is 4.06. The van der Waals surface area contributed by atoms with Crippen LogP contribution in [0.5, 0.6) is 0 Å². The molecule has 5 rings (SSSR count). The third-order valence-electron chi connectivity index (χ3n) is 6.87. The van der Waals surface area contributed by atoms with E-state index in [0.717, 1.165) is 40.9 Å². The molecule has 2 aliphatic heterocycles. The molecule has 0 radical (unpaired) electrons. The highest BCUT2D eigenvalue weighted by atomic mass is 79.9. The van der Waals surface area contributed by atoms with Crippen LogP contribution in [-0.2, 0) is 22.4 Å². The lowest BCUT2D eigenvalue weighted by Gasteiger charge is -2.27. The first-order chi connectivity index (χ1) is 15.3. The molecule has 1 aromatic carbocycles. The Morgan fingerprint density at radius 2 is 2.03 bits per heavy atom. The van der Waals surface area contributed by atoms with E-state index in [1.807, 2.05) is 48.2 Å². The summed E-state index contributed by atoms with van der Waals surface area (Å²) in [5.74, 6) is 0.0751. The highest BCUT2D eigenvalue weighted by Gasteiger charge is 2.63. The van der Waals surface area contributed by atoms with E-state index in [-0.39, 0.29) is 42.0 Å². The van der Waals surface area contributed by atoms with Crippen molar-refractivity contribution in [3.8, 4) is 0 Å². The average Bonchev–Trinajstić information content (AvgIpc) is 3.11. The summed E-state index contributed by atoms with van der Waals surface area (Å²) in [7, 11) is 0. The minimum atomic E-state index is -0.383.